The number of carbonyl (C=O) groups is 2. The van der Waals surface area contributed by atoms with Crippen molar-refractivity contribution < 1.29 is 19.1 Å². The van der Waals surface area contributed by atoms with Crippen LogP contribution in [-0.2, 0) is 0 Å². The Hall–Kier alpha value is -1.72. The van der Waals surface area contributed by atoms with Crippen molar-refractivity contribution in [3.05, 3.63) is 67.6 Å². The number of Topliss-reactive ketones (excluding diaryl/α,β-unsaturated/α-hetero) is 2. The Kier molecular flexibility index (Phi) is 6.95. The maximum atomic E-state index is 11.5. The molecule has 0 heterocycles. The fourth-order valence-corrected chi connectivity index (χ4v) is 2.97. The van der Waals surface area contributed by atoms with Gasteiger partial charge in [-0.05, 0) is 0 Å². The van der Waals surface area contributed by atoms with Gasteiger partial charge in [0, 0.05) is 23.3 Å². The number of fused-ring (bicyclic) bond motifs is 1. The lowest BCUT2D eigenvalue weighted by molar-refractivity contribution is 0.0987. The van der Waals surface area contributed by atoms with Gasteiger partial charge in [0.25, 0.3) is 0 Å². The molecule has 8 heteroatoms. The quantitative estimate of drug-likeness (QED) is 0.603. The predicted molar refractivity (Wildman–Crippen MR) is 103 cm³/mol. The summed E-state index contributed by atoms with van der Waals surface area (Å²) in [6.07, 6.45) is 0. The first-order valence-corrected chi connectivity index (χ1v) is 8.63. The van der Waals surface area contributed by atoms with Crippen LogP contribution < -0.4 is 9.47 Å². The van der Waals surface area contributed by atoms with E-state index >= 15 is 0 Å². The molecule has 0 saturated heterocycles. The Morgan fingerprint density at radius 3 is 1.35 bits per heavy atom. The van der Waals surface area contributed by atoms with E-state index in [4.69, 9.17) is 55.9 Å². The van der Waals surface area contributed by atoms with Crippen molar-refractivity contribution in [2.45, 2.75) is 0 Å². The van der Waals surface area contributed by atoms with E-state index in [-0.39, 0.29) is 10.1 Å². The van der Waals surface area contributed by atoms with E-state index in [1.54, 1.807) is 36.4 Å². The molecule has 0 amide bonds. The summed E-state index contributed by atoms with van der Waals surface area (Å²) in [6, 6.07) is 9.69. The van der Waals surface area contributed by atoms with Crippen LogP contribution >= 0.6 is 46.4 Å². The van der Waals surface area contributed by atoms with Crippen molar-refractivity contribution in [2.75, 3.05) is 14.2 Å². The number of carbonyl (C=O) groups excluding carboxylic acids is 2. The van der Waals surface area contributed by atoms with Gasteiger partial charge in [-0.2, -0.15) is 0 Å². The third-order valence-electron chi connectivity index (χ3n) is 3.43. The fraction of sp³-hybridized carbons (Fsp3) is 0.111. The molecule has 1 aliphatic carbocycles. The van der Waals surface area contributed by atoms with Crippen LogP contribution in [0.1, 0.15) is 20.7 Å². The molecule has 0 fully saturated rings. The Morgan fingerprint density at radius 2 is 1.04 bits per heavy atom. The lowest BCUT2D eigenvalue weighted by Gasteiger charge is -2.12. The second-order valence-corrected chi connectivity index (χ2v) is 6.52. The lowest BCUT2D eigenvalue weighted by atomic mass is 9.95. The van der Waals surface area contributed by atoms with Gasteiger partial charge in [0.05, 0.1) is 24.3 Å². The number of benzene rings is 2. The summed E-state index contributed by atoms with van der Waals surface area (Å²) in [5.41, 5.74) is 0.624. The highest BCUT2D eigenvalue weighted by Crippen LogP contribution is 2.35. The van der Waals surface area contributed by atoms with Crippen molar-refractivity contribution in [1.82, 2.24) is 0 Å². The molecule has 3 rings (SSSR count). The third kappa shape index (κ3) is 4.15. The monoisotopic (exact) mass is 432 g/mol. The summed E-state index contributed by atoms with van der Waals surface area (Å²) in [5.74, 6) is 0.295. The van der Waals surface area contributed by atoms with Crippen molar-refractivity contribution >= 4 is 58.0 Å². The van der Waals surface area contributed by atoms with E-state index in [0.29, 0.717) is 32.7 Å². The number of ether oxygens (including phenoxy) is 2. The Labute approximate surface area is 170 Å². The first-order chi connectivity index (χ1) is 12.3. The van der Waals surface area contributed by atoms with Crippen LogP contribution in [0.15, 0.2) is 46.5 Å². The van der Waals surface area contributed by atoms with E-state index in [1.807, 2.05) is 0 Å². The highest BCUT2D eigenvalue weighted by Gasteiger charge is 2.29. The zero-order valence-corrected chi connectivity index (χ0v) is 16.6. The zero-order chi connectivity index (χ0) is 19.4. The van der Waals surface area contributed by atoms with Crippen LogP contribution in [0, 0.1) is 0 Å². The molecule has 0 saturated carbocycles. The van der Waals surface area contributed by atoms with Gasteiger partial charge in [0.2, 0.25) is 11.6 Å². The van der Waals surface area contributed by atoms with Gasteiger partial charge >= 0.3 is 0 Å². The van der Waals surface area contributed by atoms with Gasteiger partial charge in [-0.3, -0.25) is 9.59 Å². The highest BCUT2D eigenvalue weighted by molar-refractivity contribution is 6.59. The molecule has 2 aromatic carbocycles. The Balaban J connectivity index is 0.000000190. The average molecular weight is 434 g/mol. The van der Waals surface area contributed by atoms with Gasteiger partial charge < -0.3 is 9.47 Å². The summed E-state index contributed by atoms with van der Waals surface area (Å²) >= 11 is 22.9. The average Bonchev–Trinajstić information content (AvgIpc) is 2.66. The SMILES string of the molecule is COc1cc(Cl)c(OC)cc1Cl.O=C1C(Cl)=C(Cl)C(=O)c2ccccc21. The normalized spacial score (nSPS) is 13.0. The number of allylic oxidation sites excluding steroid dienone is 2. The summed E-state index contributed by atoms with van der Waals surface area (Å²) in [6.45, 7) is 0. The van der Waals surface area contributed by atoms with Crippen LogP contribution in [0.5, 0.6) is 11.5 Å². The second-order valence-electron chi connectivity index (χ2n) is 4.95. The molecule has 136 valence electrons. The molecule has 0 aromatic heterocycles. The molecule has 0 radical (unpaired) electrons. The Morgan fingerprint density at radius 1 is 0.692 bits per heavy atom. The molecule has 2 aromatic rings. The Bertz CT molecular complexity index is 833. The van der Waals surface area contributed by atoms with Gasteiger partial charge in [-0.25, -0.2) is 0 Å². The number of halogens is 4. The maximum Gasteiger partial charge on any atom is 0.206 e. The third-order valence-corrected chi connectivity index (χ3v) is 4.84. The second kappa shape index (κ2) is 8.78. The summed E-state index contributed by atoms with van der Waals surface area (Å²) in [4.78, 5) is 23.1. The smallest absolute Gasteiger partial charge is 0.206 e. The molecule has 26 heavy (non-hydrogen) atoms. The molecule has 1 aliphatic rings. The van der Waals surface area contributed by atoms with Crippen molar-refractivity contribution in [3.8, 4) is 11.5 Å². The predicted octanol–water partition coefficient (Wildman–Crippen LogP) is 5.77. The van der Waals surface area contributed by atoms with E-state index < -0.39 is 11.6 Å². The first-order valence-electron chi connectivity index (χ1n) is 7.12. The first kappa shape index (κ1) is 20.6. The minimum Gasteiger partial charge on any atom is -0.495 e. The van der Waals surface area contributed by atoms with Crippen LogP contribution in [0.3, 0.4) is 0 Å². The molecule has 4 nitrogen and oxygen atoms in total. The molecule has 0 N–H and O–H groups in total. The van der Waals surface area contributed by atoms with Gasteiger partial charge in [-0.1, -0.05) is 70.7 Å². The van der Waals surface area contributed by atoms with Gasteiger partial charge in [-0.15, -0.1) is 0 Å². The fourth-order valence-electron chi connectivity index (χ4n) is 2.14. The number of methoxy groups -OCH3 is 2. The van der Waals surface area contributed by atoms with Crippen LogP contribution in [0.2, 0.25) is 10.0 Å². The number of rotatable bonds is 2. The van der Waals surface area contributed by atoms with E-state index in [9.17, 15) is 9.59 Å². The standard InChI is InChI=1S/C10H4Cl2O2.C8H8Cl2O2/c11-7-8(12)10(14)6-4-2-1-3-5(6)9(7)13;1-11-7-3-6(10)8(12-2)4-5(7)9/h1-4H;3-4H,1-2H3. The van der Waals surface area contributed by atoms with E-state index in [1.165, 1.54) is 14.2 Å². The van der Waals surface area contributed by atoms with E-state index in [0.717, 1.165) is 0 Å². The van der Waals surface area contributed by atoms with E-state index in [2.05, 4.69) is 0 Å². The number of ketones is 2. The summed E-state index contributed by atoms with van der Waals surface area (Å²) in [5, 5.41) is 0.572. The van der Waals surface area contributed by atoms with Crippen molar-refractivity contribution in [3.63, 3.8) is 0 Å². The molecule has 0 unspecified atom stereocenters. The molecular formula is C18H12Cl4O4. The maximum absolute atomic E-state index is 11.5. The highest BCUT2D eigenvalue weighted by atomic mass is 35.5. The molecule has 0 spiro atoms. The van der Waals surface area contributed by atoms with Gasteiger partial charge in [0.1, 0.15) is 21.6 Å². The number of hydrogen-bond donors (Lipinski definition) is 0. The van der Waals surface area contributed by atoms with Crippen LogP contribution in [-0.4, -0.2) is 25.8 Å². The van der Waals surface area contributed by atoms with Gasteiger partial charge in [0.15, 0.2) is 0 Å². The molecule has 0 aliphatic heterocycles. The van der Waals surface area contributed by atoms with Crippen LogP contribution in [0.4, 0.5) is 0 Å². The summed E-state index contributed by atoms with van der Waals surface area (Å²) in [7, 11) is 3.06. The molecule has 0 bridgehead atoms. The lowest BCUT2D eigenvalue weighted by Crippen LogP contribution is -2.17. The topological polar surface area (TPSA) is 52.6 Å². The largest absolute Gasteiger partial charge is 0.495 e. The minimum atomic E-state index is -0.396. The van der Waals surface area contributed by atoms with Crippen molar-refractivity contribution in [1.29, 1.82) is 0 Å². The van der Waals surface area contributed by atoms with Crippen LogP contribution in [0.25, 0.3) is 0 Å². The zero-order valence-electron chi connectivity index (χ0n) is 13.6. The molecule has 0 atom stereocenters. The number of hydrogen-bond acceptors (Lipinski definition) is 4. The van der Waals surface area contributed by atoms with Crippen molar-refractivity contribution in [2.24, 2.45) is 0 Å². The minimum absolute atomic E-state index is 0.199. The summed E-state index contributed by atoms with van der Waals surface area (Å²) < 4.78 is 9.91. The molecular weight excluding hydrogens is 422 g/mol.